The predicted molar refractivity (Wildman–Crippen MR) is 60.4 cm³/mol. The zero-order valence-electron chi connectivity index (χ0n) is 9.71. The van der Waals surface area contributed by atoms with Gasteiger partial charge in [0.25, 0.3) is 0 Å². The summed E-state index contributed by atoms with van der Waals surface area (Å²) < 4.78 is 0. The molecule has 0 amide bonds. The lowest BCUT2D eigenvalue weighted by Gasteiger charge is -2.36. The van der Waals surface area contributed by atoms with Gasteiger partial charge in [-0.1, -0.05) is 26.7 Å². The highest BCUT2D eigenvalue weighted by Crippen LogP contribution is 2.18. The molecule has 1 N–H and O–H groups in total. The highest BCUT2D eigenvalue weighted by atomic mass is 16.3. The first-order chi connectivity index (χ1) is 6.79. The highest BCUT2D eigenvalue weighted by Gasteiger charge is 2.24. The Hall–Kier alpha value is -0.0800. The Labute approximate surface area is 88.3 Å². The number of aliphatic hydroxyl groups is 1. The largest absolute Gasteiger partial charge is 0.391 e. The molecule has 1 aliphatic heterocycles. The number of likely N-dealkylation sites (tertiary alicyclic amines) is 1. The van der Waals surface area contributed by atoms with Crippen LogP contribution in [0.1, 0.15) is 52.4 Å². The van der Waals surface area contributed by atoms with Gasteiger partial charge in [0.2, 0.25) is 0 Å². The number of rotatable bonds is 5. The number of hydrogen-bond acceptors (Lipinski definition) is 2. The molecule has 0 radical (unpaired) electrons. The van der Waals surface area contributed by atoms with Crippen molar-refractivity contribution in [3.05, 3.63) is 0 Å². The minimum Gasteiger partial charge on any atom is -0.391 e. The highest BCUT2D eigenvalue weighted by molar-refractivity contribution is 4.79. The third-order valence-corrected chi connectivity index (χ3v) is 3.31. The van der Waals surface area contributed by atoms with Crippen LogP contribution in [0.3, 0.4) is 0 Å². The van der Waals surface area contributed by atoms with E-state index in [9.17, 15) is 5.11 Å². The standard InChI is InChI=1S/C12H25NO/c1-3-8-12(14)11(4-2)13-9-6-5-7-10-13/h11-12,14H,3-10H2,1-2H3. The third kappa shape index (κ3) is 3.25. The quantitative estimate of drug-likeness (QED) is 0.735. The van der Waals surface area contributed by atoms with Crippen molar-refractivity contribution in [2.24, 2.45) is 0 Å². The van der Waals surface area contributed by atoms with Crippen LogP contribution < -0.4 is 0 Å². The van der Waals surface area contributed by atoms with Crippen LogP contribution in [0.4, 0.5) is 0 Å². The van der Waals surface area contributed by atoms with Gasteiger partial charge in [0.1, 0.15) is 0 Å². The SMILES string of the molecule is CCCC(O)C(CC)N1CCCCC1. The van der Waals surface area contributed by atoms with Crippen LogP contribution >= 0.6 is 0 Å². The van der Waals surface area contributed by atoms with Crippen LogP contribution in [0.15, 0.2) is 0 Å². The minimum absolute atomic E-state index is 0.108. The van der Waals surface area contributed by atoms with Crippen molar-refractivity contribution in [2.75, 3.05) is 13.1 Å². The molecule has 0 aromatic rings. The summed E-state index contributed by atoms with van der Waals surface area (Å²) in [4.78, 5) is 2.49. The fourth-order valence-corrected chi connectivity index (χ4v) is 2.51. The van der Waals surface area contributed by atoms with Crippen molar-refractivity contribution < 1.29 is 5.11 Å². The van der Waals surface area contributed by atoms with Crippen LogP contribution in [0.5, 0.6) is 0 Å². The monoisotopic (exact) mass is 199 g/mol. The Bertz CT molecular complexity index is 143. The Kier molecular flexibility index (Phi) is 5.49. The van der Waals surface area contributed by atoms with Crippen molar-refractivity contribution >= 4 is 0 Å². The number of piperidine rings is 1. The van der Waals surface area contributed by atoms with Gasteiger partial charge in [0.15, 0.2) is 0 Å². The van der Waals surface area contributed by atoms with E-state index in [-0.39, 0.29) is 6.10 Å². The number of hydrogen-bond donors (Lipinski definition) is 1. The summed E-state index contributed by atoms with van der Waals surface area (Å²) in [5, 5.41) is 10.0. The second kappa shape index (κ2) is 6.41. The fraction of sp³-hybridized carbons (Fsp3) is 1.00. The number of nitrogens with zero attached hydrogens (tertiary/aromatic N) is 1. The van der Waals surface area contributed by atoms with Crippen LogP contribution in [-0.4, -0.2) is 35.2 Å². The van der Waals surface area contributed by atoms with E-state index in [2.05, 4.69) is 18.7 Å². The van der Waals surface area contributed by atoms with Crippen molar-refractivity contribution in [3.8, 4) is 0 Å². The van der Waals surface area contributed by atoms with Gasteiger partial charge < -0.3 is 5.11 Å². The summed E-state index contributed by atoms with van der Waals surface area (Å²) in [5.74, 6) is 0. The average molecular weight is 199 g/mol. The molecule has 1 rings (SSSR count). The van der Waals surface area contributed by atoms with Crippen LogP contribution in [0, 0.1) is 0 Å². The van der Waals surface area contributed by atoms with Crippen LogP contribution in [0.2, 0.25) is 0 Å². The topological polar surface area (TPSA) is 23.5 Å². The molecule has 0 aromatic heterocycles. The summed E-state index contributed by atoms with van der Waals surface area (Å²) in [5.41, 5.74) is 0. The van der Waals surface area contributed by atoms with Crippen molar-refractivity contribution in [3.63, 3.8) is 0 Å². The van der Waals surface area contributed by atoms with Crippen molar-refractivity contribution in [1.82, 2.24) is 4.90 Å². The molecule has 2 heteroatoms. The van der Waals surface area contributed by atoms with E-state index >= 15 is 0 Å². The van der Waals surface area contributed by atoms with Crippen molar-refractivity contribution in [2.45, 2.75) is 64.5 Å². The summed E-state index contributed by atoms with van der Waals surface area (Å²) in [6.07, 6.45) is 7.02. The third-order valence-electron chi connectivity index (χ3n) is 3.31. The molecule has 2 atom stereocenters. The minimum atomic E-state index is -0.108. The molecule has 1 heterocycles. The van der Waals surface area contributed by atoms with E-state index in [0.29, 0.717) is 6.04 Å². The molecule has 1 aliphatic rings. The van der Waals surface area contributed by atoms with Gasteiger partial charge in [0.05, 0.1) is 6.10 Å². The van der Waals surface area contributed by atoms with E-state index in [0.717, 1.165) is 19.3 Å². The lowest BCUT2D eigenvalue weighted by atomic mass is 9.99. The zero-order chi connectivity index (χ0) is 10.4. The molecular weight excluding hydrogens is 174 g/mol. The molecule has 0 aliphatic carbocycles. The van der Waals surface area contributed by atoms with Crippen LogP contribution in [-0.2, 0) is 0 Å². The molecule has 0 aromatic carbocycles. The van der Waals surface area contributed by atoms with E-state index in [1.54, 1.807) is 0 Å². The maximum Gasteiger partial charge on any atom is 0.0695 e. The maximum atomic E-state index is 10.0. The molecule has 2 unspecified atom stereocenters. The molecule has 0 bridgehead atoms. The first-order valence-corrected chi connectivity index (χ1v) is 6.21. The van der Waals surface area contributed by atoms with Gasteiger partial charge in [-0.05, 0) is 38.8 Å². The predicted octanol–water partition coefficient (Wildman–Crippen LogP) is 2.41. The average Bonchev–Trinajstić information content (AvgIpc) is 2.21. The van der Waals surface area contributed by atoms with Crippen LogP contribution in [0.25, 0.3) is 0 Å². The molecule has 84 valence electrons. The lowest BCUT2D eigenvalue weighted by Crippen LogP contribution is -2.45. The van der Waals surface area contributed by atoms with E-state index in [1.807, 2.05) is 0 Å². The summed E-state index contributed by atoms with van der Waals surface area (Å²) in [6.45, 7) is 6.73. The van der Waals surface area contributed by atoms with Gasteiger partial charge in [-0.25, -0.2) is 0 Å². The lowest BCUT2D eigenvalue weighted by molar-refractivity contribution is 0.0308. The first kappa shape index (κ1) is 12.0. The van der Waals surface area contributed by atoms with Gasteiger partial charge in [-0.3, -0.25) is 4.90 Å². The van der Waals surface area contributed by atoms with Gasteiger partial charge in [0, 0.05) is 6.04 Å². The summed E-state index contributed by atoms with van der Waals surface area (Å²) in [6, 6.07) is 0.412. The maximum absolute atomic E-state index is 10.0. The molecular formula is C12H25NO. The second-order valence-corrected chi connectivity index (χ2v) is 4.43. The van der Waals surface area contributed by atoms with E-state index in [1.165, 1.54) is 32.4 Å². The first-order valence-electron chi connectivity index (χ1n) is 6.21. The Morgan fingerprint density at radius 3 is 2.29 bits per heavy atom. The Morgan fingerprint density at radius 1 is 1.14 bits per heavy atom. The number of aliphatic hydroxyl groups excluding tert-OH is 1. The molecule has 1 saturated heterocycles. The molecule has 2 nitrogen and oxygen atoms in total. The van der Waals surface area contributed by atoms with Gasteiger partial charge >= 0.3 is 0 Å². The van der Waals surface area contributed by atoms with Gasteiger partial charge in [-0.15, -0.1) is 0 Å². The summed E-state index contributed by atoms with van der Waals surface area (Å²) in [7, 11) is 0. The van der Waals surface area contributed by atoms with E-state index < -0.39 is 0 Å². The van der Waals surface area contributed by atoms with E-state index in [4.69, 9.17) is 0 Å². The zero-order valence-corrected chi connectivity index (χ0v) is 9.71. The normalized spacial score (nSPS) is 23.4. The molecule has 0 saturated carbocycles. The summed E-state index contributed by atoms with van der Waals surface area (Å²) >= 11 is 0. The molecule has 0 spiro atoms. The van der Waals surface area contributed by atoms with Gasteiger partial charge in [-0.2, -0.15) is 0 Å². The Morgan fingerprint density at radius 2 is 1.79 bits per heavy atom. The second-order valence-electron chi connectivity index (χ2n) is 4.43. The molecule has 14 heavy (non-hydrogen) atoms. The molecule has 1 fully saturated rings. The smallest absolute Gasteiger partial charge is 0.0695 e. The van der Waals surface area contributed by atoms with Crippen molar-refractivity contribution in [1.29, 1.82) is 0 Å². The Balaban J connectivity index is 2.41. The fourth-order valence-electron chi connectivity index (χ4n) is 2.51.